The largest absolute Gasteiger partial charge is 0.481 e. The minimum Gasteiger partial charge on any atom is -0.481 e. The van der Waals surface area contributed by atoms with Crippen molar-refractivity contribution in [2.75, 3.05) is 30.4 Å². The molecule has 0 saturated carbocycles. The van der Waals surface area contributed by atoms with Crippen LogP contribution >= 0.6 is 15.9 Å². The first kappa shape index (κ1) is 15.0. The van der Waals surface area contributed by atoms with Gasteiger partial charge in [0.2, 0.25) is 11.8 Å². The van der Waals surface area contributed by atoms with Gasteiger partial charge >= 0.3 is 0 Å². The number of pyridine rings is 1. The number of halogens is 2. The molecule has 8 heteroatoms. The number of nitrogens with zero attached hydrogens (tertiary/aromatic N) is 4. The first-order chi connectivity index (χ1) is 10.7. The van der Waals surface area contributed by atoms with Gasteiger partial charge in [0.15, 0.2) is 11.6 Å². The Hall–Kier alpha value is -1.96. The van der Waals surface area contributed by atoms with Crippen molar-refractivity contribution in [3.8, 4) is 5.88 Å². The molecule has 2 aromatic rings. The van der Waals surface area contributed by atoms with Crippen molar-refractivity contribution in [1.29, 1.82) is 0 Å². The highest BCUT2D eigenvalue weighted by Crippen LogP contribution is 2.24. The molecule has 0 amide bonds. The monoisotopic (exact) mass is 367 g/mol. The summed E-state index contributed by atoms with van der Waals surface area (Å²) in [6.07, 6.45) is 4.10. The number of anilines is 2. The van der Waals surface area contributed by atoms with Crippen LogP contribution in [0, 0.1) is 5.82 Å². The maximum atomic E-state index is 14.0. The van der Waals surface area contributed by atoms with Crippen molar-refractivity contribution in [3.63, 3.8) is 0 Å². The van der Waals surface area contributed by atoms with Crippen LogP contribution in [0.4, 0.5) is 16.2 Å². The average molecular weight is 368 g/mol. The van der Waals surface area contributed by atoms with Crippen molar-refractivity contribution in [2.24, 2.45) is 0 Å². The molecule has 116 valence electrons. The van der Waals surface area contributed by atoms with Crippen molar-refractivity contribution in [3.05, 3.63) is 34.8 Å². The van der Waals surface area contributed by atoms with Gasteiger partial charge in [-0.15, -0.1) is 0 Å². The lowest BCUT2D eigenvalue weighted by Crippen LogP contribution is -2.27. The van der Waals surface area contributed by atoms with E-state index in [2.05, 4.69) is 36.2 Å². The van der Waals surface area contributed by atoms with Crippen molar-refractivity contribution in [1.82, 2.24) is 15.0 Å². The number of rotatable bonds is 4. The molecule has 1 atom stereocenters. The van der Waals surface area contributed by atoms with Gasteiger partial charge in [-0.05, 0) is 28.4 Å². The van der Waals surface area contributed by atoms with Crippen molar-refractivity contribution >= 4 is 27.7 Å². The molecule has 1 fully saturated rings. The van der Waals surface area contributed by atoms with Crippen LogP contribution < -0.4 is 15.0 Å². The zero-order valence-electron chi connectivity index (χ0n) is 12.0. The zero-order valence-corrected chi connectivity index (χ0v) is 13.5. The molecule has 0 radical (unpaired) electrons. The highest BCUT2D eigenvalue weighted by Gasteiger charge is 2.26. The lowest BCUT2D eigenvalue weighted by molar-refractivity contribution is 0.397. The molecular formula is C14H15BrFN5O. The molecule has 1 aliphatic rings. The summed E-state index contributed by atoms with van der Waals surface area (Å²) in [6.45, 7) is 1.37. The maximum Gasteiger partial charge on any atom is 0.226 e. The normalized spacial score (nSPS) is 17.6. The van der Waals surface area contributed by atoms with E-state index < -0.39 is 0 Å². The van der Waals surface area contributed by atoms with Gasteiger partial charge in [0.05, 0.1) is 7.11 Å². The third-order valence-corrected chi connectivity index (χ3v) is 3.88. The standard InChI is InChI=1S/C14H15BrFN5O/c1-22-12-2-4-17-14(20-12)19-10-3-5-21(8-10)13-11(16)6-9(15)7-18-13/h2,4,6-7,10H,3,5,8H2,1H3,(H,17,19,20). The highest BCUT2D eigenvalue weighted by atomic mass is 79.9. The van der Waals surface area contributed by atoms with Gasteiger partial charge in [-0.3, -0.25) is 0 Å². The smallest absolute Gasteiger partial charge is 0.226 e. The summed E-state index contributed by atoms with van der Waals surface area (Å²) < 4.78 is 19.7. The number of aromatic nitrogens is 3. The molecule has 0 aromatic carbocycles. The van der Waals surface area contributed by atoms with E-state index in [0.29, 0.717) is 28.7 Å². The van der Waals surface area contributed by atoms with Crippen LogP contribution in [0.25, 0.3) is 0 Å². The summed E-state index contributed by atoms with van der Waals surface area (Å²) in [4.78, 5) is 14.5. The third kappa shape index (κ3) is 3.27. The molecule has 3 rings (SSSR count). The molecule has 3 heterocycles. The number of nitrogens with one attached hydrogen (secondary N) is 1. The first-order valence-electron chi connectivity index (χ1n) is 6.85. The van der Waals surface area contributed by atoms with Gasteiger partial charge in [-0.2, -0.15) is 4.98 Å². The van der Waals surface area contributed by atoms with Crippen LogP contribution in [-0.2, 0) is 0 Å². The minimum atomic E-state index is -0.326. The van der Waals surface area contributed by atoms with Crippen molar-refractivity contribution < 1.29 is 9.13 Å². The van der Waals surface area contributed by atoms with E-state index in [-0.39, 0.29) is 11.9 Å². The lowest BCUT2D eigenvalue weighted by atomic mass is 10.3. The minimum absolute atomic E-state index is 0.136. The number of methoxy groups -OCH3 is 1. The molecule has 0 spiro atoms. The molecule has 0 bridgehead atoms. The van der Waals surface area contributed by atoms with Gasteiger partial charge < -0.3 is 15.0 Å². The van der Waals surface area contributed by atoms with Gasteiger partial charge in [0.1, 0.15) is 0 Å². The van der Waals surface area contributed by atoms with E-state index in [9.17, 15) is 4.39 Å². The fraction of sp³-hybridized carbons (Fsp3) is 0.357. The highest BCUT2D eigenvalue weighted by molar-refractivity contribution is 9.10. The first-order valence-corrected chi connectivity index (χ1v) is 7.64. The van der Waals surface area contributed by atoms with Crippen LogP contribution in [0.15, 0.2) is 29.0 Å². The number of hydrogen-bond donors (Lipinski definition) is 1. The van der Waals surface area contributed by atoms with Crippen LogP contribution in [0.1, 0.15) is 6.42 Å². The molecule has 2 aromatic heterocycles. The van der Waals surface area contributed by atoms with Crippen molar-refractivity contribution in [2.45, 2.75) is 12.5 Å². The molecular weight excluding hydrogens is 353 g/mol. The molecule has 1 unspecified atom stereocenters. The summed E-state index contributed by atoms with van der Waals surface area (Å²) in [5, 5.41) is 3.24. The van der Waals surface area contributed by atoms with E-state index in [4.69, 9.17) is 4.74 Å². The van der Waals surface area contributed by atoms with E-state index in [1.165, 1.54) is 6.07 Å². The van der Waals surface area contributed by atoms with Crippen LogP contribution in [0.3, 0.4) is 0 Å². The quantitative estimate of drug-likeness (QED) is 0.895. The Morgan fingerprint density at radius 1 is 1.45 bits per heavy atom. The van der Waals surface area contributed by atoms with Crippen LogP contribution in [0.2, 0.25) is 0 Å². The Bertz CT molecular complexity index is 671. The van der Waals surface area contributed by atoms with E-state index in [1.54, 1.807) is 25.6 Å². The fourth-order valence-electron chi connectivity index (χ4n) is 2.42. The number of ether oxygens (including phenoxy) is 1. The summed E-state index contributed by atoms with van der Waals surface area (Å²) >= 11 is 3.21. The second-order valence-electron chi connectivity index (χ2n) is 4.96. The van der Waals surface area contributed by atoms with Gasteiger partial charge in [-0.25, -0.2) is 14.4 Å². The van der Waals surface area contributed by atoms with Crippen LogP contribution in [-0.4, -0.2) is 41.2 Å². The van der Waals surface area contributed by atoms with E-state index in [0.717, 1.165) is 13.0 Å². The van der Waals surface area contributed by atoms with Gasteiger partial charge in [-0.1, -0.05) is 0 Å². The lowest BCUT2D eigenvalue weighted by Gasteiger charge is -2.18. The Morgan fingerprint density at radius 2 is 2.32 bits per heavy atom. The molecule has 22 heavy (non-hydrogen) atoms. The average Bonchev–Trinajstić information content (AvgIpc) is 2.95. The Morgan fingerprint density at radius 3 is 3.09 bits per heavy atom. The third-order valence-electron chi connectivity index (χ3n) is 3.45. The number of hydrogen-bond acceptors (Lipinski definition) is 6. The van der Waals surface area contributed by atoms with Gasteiger partial charge in [0.25, 0.3) is 0 Å². The van der Waals surface area contributed by atoms with E-state index >= 15 is 0 Å². The molecule has 6 nitrogen and oxygen atoms in total. The SMILES string of the molecule is COc1ccnc(NC2CCN(c3ncc(Br)cc3F)C2)n1. The summed E-state index contributed by atoms with van der Waals surface area (Å²) in [5.41, 5.74) is 0. The second kappa shape index (κ2) is 6.43. The van der Waals surface area contributed by atoms with E-state index in [1.807, 2.05) is 4.90 Å². The molecule has 1 aliphatic heterocycles. The molecule has 1 saturated heterocycles. The predicted octanol–water partition coefficient (Wildman–Crippen LogP) is 2.47. The fourth-order valence-corrected chi connectivity index (χ4v) is 2.72. The van der Waals surface area contributed by atoms with Gasteiger partial charge in [0, 0.05) is 42.1 Å². The zero-order chi connectivity index (χ0) is 15.5. The maximum absolute atomic E-state index is 14.0. The molecule has 0 aliphatic carbocycles. The Kier molecular flexibility index (Phi) is 4.37. The summed E-state index contributed by atoms with van der Waals surface area (Å²) in [5.74, 6) is 1.06. The molecule has 1 N–H and O–H groups in total. The Balaban J connectivity index is 1.67. The Labute approximate surface area is 135 Å². The second-order valence-corrected chi connectivity index (χ2v) is 5.87. The predicted molar refractivity (Wildman–Crippen MR) is 84.7 cm³/mol. The summed E-state index contributed by atoms with van der Waals surface area (Å²) in [7, 11) is 1.56. The summed E-state index contributed by atoms with van der Waals surface area (Å²) in [6, 6.07) is 3.25. The van der Waals surface area contributed by atoms with Crippen LogP contribution in [0.5, 0.6) is 5.88 Å². The topological polar surface area (TPSA) is 63.2 Å².